The molecule has 0 saturated carbocycles. The Morgan fingerprint density at radius 2 is 2.19 bits per heavy atom. The number of hydrogen-bond acceptors (Lipinski definition) is 4. The molecule has 1 aromatic heterocycles. The fourth-order valence-electron chi connectivity index (χ4n) is 2.06. The minimum atomic E-state index is -0.0566. The summed E-state index contributed by atoms with van der Waals surface area (Å²) in [6.45, 7) is 6.31. The molecular weight excluding hydrogens is 350 g/mol. The molecule has 1 atom stereocenters. The first kappa shape index (κ1) is 16.1. The summed E-state index contributed by atoms with van der Waals surface area (Å²) >= 11 is 5.05. The molecule has 0 aliphatic heterocycles. The summed E-state index contributed by atoms with van der Waals surface area (Å²) < 4.78 is 0.942. The number of rotatable bonds is 5. The predicted octanol–water partition coefficient (Wildman–Crippen LogP) is 3.81. The zero-order chi connectivity index (χ0) is 15.4. The van der Waals surface area contributed by atoms with Gasteiger partial charge in [0.25, 0.3) is 0 Å². The molecule has 1 aromatic carbocycles. The van der Waals surface area contributed by atoms with Gasteiger partial charge in [0.05, 0.1) is 17.2 Å². The second kappa shape index (κ2) is 7.15. The largest absolute Gasteiger partial charge is 0.325 e. The van der Waals surface area contributed by atoms with E-state index in [0.29, 0.717) is 0 Å². The number of aryl methyl sites for hydroxylation is 2. The number of amides is 1. The second-order valence-electron chi connectivity index (χ2n) is 4.84. The number of nitrogens with one attached hydrogen (secondary N) is 2. The lowest BCUT2D eigenvalue weighted by Crippen LogP contribution is -2.30. The van der Waals surface area contributed by atoms with Gasteiger partial charge in [-0.3, -0.25) is 4.79 Å². The second-order valence-corrected chi connectivity index (χ2v) is 6.99. The third-order valence-electron chi connectivity index (χ3n) is 3.01. The molecule has 1 unspecified atom stereocenters. The van der Waals surface area contributed by atoms with Crippen molar-refractivity contribution in [1.29, 1.82) is 0 Å². The maximum absolute atomic E-state index is 11.9. The Morgan fingerprint density at radius 3 is 2.81 bits per heavy atom. The summed E-state index contributed by atoms with van der Waals surface area (Å²) in [5.41, 5.74) is 1.82. The van der Waals surface area contributed by atoms with E-state index in [1.165, 1.54) is 4.88 Å². The van der Waals surface area contributed by atoms with Crippen LogP contribution in [0, 0.1) is 13.8 Å². The number of anilines is 1. The van der Waals surface area contributed by atoms with Crippen molar-refractivity contribution in [2.24, 2.45) is 0 Å². The number of aromatic nitrogens is 1. The number of hydrogen-bond donors (Lipinski definition) is 2. The number of thiazole rings is 1. The lowest BCUT2D eigenvalue weighted by atomic mass is 10.2. The van der Waals surface area contributed by atoms with Crippen LogP contribution in [0.25, 0.3) is 0 Å². The summed E-state index contributed by atoms with van der Waals surface area (Å²) in [7, 11) is 0. The molecule has 0 saturated heterocycles. The van der Waals surface area contributed by atoms with E-state index in [1.807, 2.05) is 45.0 Å². The van der Waals surface area contributed by atoms with Crippen LogP contribution >= 0.6 is 27.3 Å². The maximum Gasteiger partial charge on any atom is 0.238 e. The van der Waals surface area contributed by atoms with Crippen LogP contribution < -0.4 is 10.6 Å². The van der Waals surface area contributed by atoms with Gasteiger partial charge in [-0.05, 0) is 39.0 Å². The predicted molar refractivity (Wildman–Crippen MR) is 90.8 cm³/mol. The first-order valence-corrected chi connectivity index (χ1v) is 8.29. The fraction of sp³-hybridized carbons (Fsp3) is 0.333. The Kier molecular flexibility index (Phi) is 5.50. The molecule has 1 amide bonds. The van der Waals surface area contributed by atoms with E-state index in [4.69, 9.17) is 0 Å². The van der Waals surface area contributed by atoms with Gasteiger partial charge < -0.3 is 10.6 Å². The standard InChI is InChI=1S/C15H18BrN3OS/c1-9(15-10(2)18-11(3)21-15)17-8-14(20)19-13-6-4-5-12(16)7-13/h4-7,9,17H,8H2,1-3H3,(H,19,20). The molecule has 2 N–H and O–H groups in total. The summed E-state index contributed by atoms with van der Waals surface area (Å²) in [5, 5.41) is 7.15. The van der Waals surface area contributed by atoms with Crippen LogP contribution in [-0.4, -0.2) is 17.4 Å². The van der Waals surface area contributed by atoms with E-state index >= 15 is 0 Å². The Bertz CT molecular complexity index is 642. The van der Waals surface area contributed by atoms with Gasteiger partial charge in [-0.2, -0.15) is 0 Å². The van der Waals surface area contributed by atoms with E-state index in [2.05, 4.69) is 31.5 Å². The van der Waals surface area contributed by atoms with Crippen molar-refractivity contribution in [1.82, 2.24) is 10.3 Å². The highest BCUT2D eigenvalue weighted by Gasteiger charge is 2.13. The van der Waals surface area contributed by atoms with Crippen LogP contribution in [0.3, 0.4) is 0 Å². The van der Waals surface area contributed by atoms with Gasteiger partial charge in [0, 0.05) is 21.1 Å². The van der Waals surface area contributed by atoms with Crippen LogP contribution in [0.15, 0.2) is 28.7 Å². The van der Waals surface area contributed by atoms with Gasteiger partial charge in [-0.15, -0.1) is 11.3 Å². The van der Waals surface area contributed by atoms with Crippen molar-refractivity contribution in [2.75, 3.05) is 11.9 Å². The summed E-state index contributed by atoms with van der Waals surface area (Å²) in [4.78, 5) is 17.5. The molecule has 0 aliphatic rings. The van der Waals surface area contributed by atoms with Crippen molar-refractivity contribution in [3.05, 3.63) is 44.3 Å². The normalized spacial score (nSPS) is 12.2. The van der Waals surface area contributed by atoms with Crippen LogP contribution in [0.5, 0.6) is 0 Å². The first-order valence-electron chi connectivity index (χ1n) is 6.68. The van der Waals surface area contributed by atoms with Gasteiger partial charge in [-0.1, -0.05) is 22.0 Å². The molecule has 21 heavy (non-hydrogen) atoms. The summed E-state index contributed by atoms with van der Waals surface area (Å²) in [5.74, 6) is -0.0566. The quantitative estimate of drug-likeness (QED) is 0.844. The van der Waals surface area contributed by atoms with E-state index in [1.54, 1.807) is 11.3 Å². The molecule has 112 valence electrons. The average Bonchev–Trinajstić information content (AvgIpc) is 2.75. The van der Waals surface area contributed by atoms with E-state index < -0.39 is 0 Å². The minimum Gasteiger partial charge on any atom is -0.325 e. The molecule has 0 spiro atoms. The highest BCUT2D eigenvalue weighted by atomic mass is 79.9. The smallest absolute Gasteiger partial charge is 0.238 e. The van der Waals surface area contributed by atoms with Crippen LogP contribution in [0.1, 0.15) is 28.5 Å². The van der Waals surface area contributed by atoms with Gasteiger partial charge in [-0.25, -0.2) is 4.98 Å². The zero-order valence-corrected chi connectivity index (χ0v) is 14.6. The van der Waals surface area contributed by atoms with Gasteiger partial charge in [0.2, 0.25) is 5.91 Å². The van der Waals surface area contributed by atoms with Crippen molar-refractivity contribution in [2.45, 2.75) is 26.8 Å². The molecule has 2 rings (SSSR count). The average molecular weight is 368 g/mol. The molecule has 4 nitrogen and oxygen atoms in total. The summed E-state index contributed by atoms with van der Waals surface area (Å²) in [6, 6.07) is 7.66. The van der Waals surface area contributed by atoms with Crippen LogP contribution in [-0.2, 0) is 4.79 Å². The SMILES string of the molecule is Cc1nc(C)c(C(C)NCC(=O)Nc2cccc(Br)c2)s1. The fourth-order valence-corrected chi connectivity index (χ4v) is 3.41. The molecular formula is C15H18BrN3OS. The maximum atomic E-state index is 11.9. The Hall–Kier alpha value is -1.24. The minimum absolute atomic E-state index is 0.0566. The van der Waals surface area contributed by atoms with Gasteiger partial charge in [0.15, 0.2) is 0 Å². The summed E-state index contributed by atoms with van der Waals surface area (Å²) in [6.07, 6.45) is 0. The first-order chi connectivity index (χ1) is 9.95. The molecule has 6 heteroatoms. The van der Waals surface area contributed by atoms with Crippen molar-refractivity contribution in [3.8, 4) is 0 Å². The van der Waals surface area contributed by atoms with Crippen LogP contribution in [0.2, 0.25) is 0 Å². The molecule has 1 heterocycles. The molecule has 0 aliphatic carbocycles. The van der Waals surface area contributed by atoms with Crippen molar-refractivity contribution >= 4 is 38.9 Å². The Labute approximate surface area is 137 Å². The van der Waals surface area contributed by atoms with Crippen molar-refractivity contribution in [3.63, 3.8) is 0 Å². The van der Waals surface area contributed by atoms with Gasteiger partial charge >= 0.3 is 0 Å². The third-order valence-corrected chi connectivity index (χ3v) is 4.76. The lowest BCUT2D eigenvalue weighted by molar-refractivity contribution is -0.115. The molecule has 0 fully saturated rings. The third kappa shape index (κ3) is 4.62. The monoisotopic (exact) mass is 367 g/mol. The topological polar surface area (TPSA) is 54.0 Å². The number of nitrogens with zero attached hydrogens (tertiary/aromatic N) is 1. The number of halogens is 1. The van der Waals surface area contributed by atoms with Crippen LogP contribution in [0.4, 0.5) is 5.69 Å². The lowest BCUT2D eigenvalue weighted by Gasteiger charge is -2.13. The van der Waals surface area contributed by atoms with E-state index in [-0.39, 0.29) is 18.5 Å². The Morgan fingerprint density at radius 1 is 1.43 bits per heavy atom. The highest BCUT2D eigenvalue weighted by molar-refractivity contribution is 9.10. The number of benzene rings is 1. The number of carbonyl (C=O) groups excluding carboxylic acids is 1. The highest BCUT2D eigenvalue weighted by Crippen LogP contribution is 2.24. The molecule has 0 bridgehead atoms. The zero-order valence-electron chi connectivity index (χ0n) is 12.2. The molecule has 0 radical (unpaired) electrons. The van der Waals surface area contributed by atoms with Crippen molar-refractivity contribution < 1.29 is 4.79 Å². The van der Waals surface area contributed by atoms with E-state index in [0.717, 1.165) is 20.9 Å². The molecule has 2 aromatic rings. The van der Waals surface area contributed by atoms with E-state index in [9.17, 15) is 4.79 Å². The number of carbonyl (C=O) groups is 1. The Balaban J connectivity index is 1.88. The van der Waals surface area contributed by atoms with Gasteiger partial charge in [0.1, 0.15) is 0 Å².